The van der Waals surface area contributed by atoms with Crippen LogP contribution in [0.4, 0.5) is 0 Å². The Morgan fingerprint density at radius 3 is 2.62 bits per heavy atom. The molecule has 0 amide bonds. The Labute approximate surface area is 81.1 Å². The molecule has 2 N–H and O–H groups in total. The van der Waals surface area contributed by atoms with E-state index in [2.05, 4.69) is 0 Å². The predicted molar refractivity (Wildman–Crippen MR) is 48.4 cm³/mol. The first-order valence-electron chi connectivity index (χ1n) is 3.78. The van der Waals surface area contributed by atoms with Crippen LogP contribution >= 0.6 is 11.6 Å². The molecule has 13 heavy (non-hydrogen) atoms. The molecule has 0 saturated heterocycles. The van der Waals surface area contributed by atoms with Crippen LogP contribution in [0.5, 0.6) is 0 Å². The number of carboxylic acids is 1. The molecule has 0 radical (unpaired) electrons. The molecule has 4 heteroatoms. The standard InChI is InChI=1S/C9H10ClNO2/c1-5(11)7-3-2-6(9(12)13)4-8(7)10/h2-5H,11H2,1H3,(H,12,13)/p-1. The minimum absolute atomic E-state index is 0.0643. The summed E-state index contributed by atoms with van der Waals surface area (Å²) in [5, 5.41) is 10.8. The summed E-state index contributed by atoms with van der Waals surface area (Å²) >= 11 is 5.80. The van der Waals surface area contributed by atoms with Gasteiger partial charge in [0.25, 0.3) is 0 Å². The fourth-order valence-corrected chi connectivity index (χ4v) is 1.38. The number of aromatic carboxylic acids is 1. The van der Waals surface area contributed by atoms with Crippen molar-refractivity contribution in [3.8, 4) is 0 Å². The highest BCUT2D eigenvalue weighted by molar-refractivity contribution is 6.31. The minimum Gasteiger partial charge on any atom is -0.545 e. The zero-order valence-electron chi connectivity index (χ0n) is 7.08. The quantitative estimate of drug-likeness (QED) is 0.762. The van der Waals surface area contributed by atoms with E-state index in [-0.39, 0.29) is 11.6 Å². The van der Waals surface area contributed by atoms with Crippen LogP contribution in [0.15, 0.2) is 18.2 Å². The molecule has 0 fully saturated rings. The molecule has 0 aliphatic carbocycles. The molecule has 1 atom stereocenters. The number of rotatable bonds is 2. The van der Waals surface area contributed by atoms with Gasteiger partial charge >= 0.3 is 0 Å². The second kappa shape index (κ2) is 3.77. The Hall–Kier alpha value is -1.06. The third kappa shape index (κ3) is 2.20. The van der Waals surface area contributed by atoms with Gasteiger partial charge in [-0.25, -0.2) is 0 Å². The molecule has 1 aromatic carbocycles. The Kier molecular flexibility index (Phi) is 2.90. The molecule has 0 heterocycles. The van der Waals surface area contributed by atoms with Gasteiger partial charge in [0.1, 0.15) is 0 Å². The van der Waals surface area contributed by atoms with Crippen molar-refractivity contribution < 1.29 is 9.90 Å². The van der Waals surface area contributed by atoms with Crippen LogP contribution < -0.4 is 10.8 Å². The molecular weight excluding hydrogens is 190 g/mol. The van der Waals surface area contributed by atoms with E-state index < -0.39 is 5.97 Å². The lowest BCUT2D eigenvalue weighted by molar-refractivity contribution is -0.255. The Balaban J connectivity index is 3.13. The predicted octanol–water partition coefficient (Wildman–Crippen LogP) is 0.723. The number of carboxylic acid groups (broad SMARTS) is 1. The summed E-state index contributed by atoms with van der Waals surface area (Å²) in [7, 11) is 0. The largest absolute Gasteiger partial charge is 0.545 e. The second-order valence-electron chi connectivity index (χ2n) is 2.81. The first-order valence-corrected chi connectivity index (χ1v) is 4.16. The van der Waals surface area contributed by atoms with Crippen LogP contribution in [0.2, 0.25) is 5.02 Å². The molecule has 0 aromatic heterocycles. The normalized spacial score (nSPS) is 12.5. The van der Waals surface area contributed by atoms with Crippen LogP contribution in [0.25, 0.3) is 0 Å². The zero-order chi connectivity index (χ0) is 10.0. The lowest BCUT2D eigenvalue weighted by Gasteiger charge is -2.10. The first kappa shape index (κ1) is 10.0. The van der Waals surface area contributed by atoms with Gasteiger partial charge in [0.2, 0.25) is 0 Å². The average Bonchev–Trinajstić information content (AvgIpc) is 2.03. The van der Waals surface area contributed by atoms with Gasteiger partial charge in [-0.15, -0.1) is 0 Å². The molecular formula is C9H9ClNO2-. The Morgan fingerprint density at radius 1 is 1.62 bits per heavy atom. The summed E-state index contributed by atoms with van der Waals surface area (Å²) < 4.78 is 0. The number of benzene rings is 1. The summed E-state index contributed by atoms with van der Waals surface area (Å²) in [6, 6.07) is 4.16. The van der Waals surface area contributed by atoms with Crippen LogP contribution in [0.1, 0.15) is 28.9 Å². The van der Waals surface area contributed by atoms with Crippen molar-refractivity contribution in [2.24, 2.45) is 5.73 Å². The van der Waals surface area contributed by atoms with Crippen molar-refractivity contribution in [1.29, 1.82) is 0 Å². The fourth-order valence-electron chi connectivity index (χ4n) is 1.02. The monoisotopic (exact) mass is 198 g/mol. The smallest absolute Gasteiger partial charge is 0.0715 e. The number of nitrogens with two attached hydrogens (primary N) is 1. The highest BCUT2D eigenvalue weighted by Gasteiger charge is 2.05. The molecule has 0 bridgehead atoms. The van der Waals surface area contributed by atoms with E-state index in [4.69, 9.17) is 17.3 Å². The first-order chi connectivity index (χ1) is 6.02. The summed E-state index contributed by atoms with van der Waals surface area (Å²) in [4.78, 5) is 10.4. The summed E-state index contributed by atoms with van der Waals surface area (Å²) in [6.07, 6.45) is 0. The second-order valence-corrected chi connectivity index (χ2v) is 3.22. The maximum absolute atomic E-state index is 10.4. The van der Waals surface area contributed by atoms with Gasteiger partial charge in [-0.05, 0) is 24.1 Å². The van der Waals surface area contributed by atoms with Gasteiger partial charge < -0.3 is 15.6 Å². The van der Waals surface area contributed by atoms with Crippen LogP contribution in [0.3, 0.4) is 0 Å². The van der Waals surface area contributed by atoms with Gasteiger partial charge in [0.05, 0.1) is 5.97 Å². The molecule has 3 nitrogen and oxygen atoms in total. The van der Waals surface area contributed by atoms with Crippen LogP contribution in [0, 0.1) is 0 Å². The van der Waals surface area contributed by atoms with Crippen molar-refractivity contribution in [3.05, 3.63) is 34.3 Å². The maximum atomic E-state index is 10.4. The number of halogens is 1. The molecule has 0 saturated carbocycles. The SMILES string of the molecule is CC(N)c1ccc(C(=O)[O-])cc1Cl. The van der Waals surface area contributed by atoms with E-state index in [9.17, 15) is 9.90 Å². The van der Waals surface area contributed by atoms with Gasteiger partial charge in [-0.1, -0.05) is 23.7 Å². The van der Waals surface area contributed by atoms with Gasteiger partial charge in [0, 0.05) is 11.1 Å². The van der Waals surface area contributed by atoms with Crippen molar-refractivity contribution >= 4 is 17.6 Å². The molecule has 0 spiro atoms. The molecule has 70 valence electrons. The molecule has 1 unspecified atom stereocenters. The van der Waals surface area contributed by atoms with E-state index in [0.29, 0.717) is 5.02 Å². The van der Waals surface area contributed by atoms with Gasteiger partial charge in [-0.3, -0.25) is 0 Å². The van der Waals surface area contributed by atoms with Crippen LogP contribution in [-0.4, -0.2) is 5.97 Å². The highest BCUT2D eigenvalue weighted by atomic mass is 35.5. The maximum Gasteiger partial charge on any atom is 0.0715 e. The average molecular weight is 199 g/mol. The van der Waals surface area contributed by atoms with E-state index in [1.54, 1.807) is 13.0 Å². The van der Waals surface area contributed by atoms with E-state index >= 15 is 0 Å². The highest BCUT2D eigenvalue weighted by Crippen LogP contribution is 2.22. The van der Waals surface area contributed by atoms with Crippen LogP contribution in [-0.2, 0) is 0 Å². The summed E-state index contributed by atoms with van der Waals surface area (Å²) in [5.74, 6) is -1.24. The Morgan fingerprint density at radius 2 is 2.23 bits per heavy atom. The third-order valence-electron chi connectivity index (χ3n) is 1.73. The van der Waals surface area contributed by atoms with Gasteiger partial charge in [-0.2, -0.15) is 0 Å². The zero-order valence-corrected chi connectivity index (χ0v) is 7.84. The van der Waals surface area contributed by atoms with Crippen molar-refractivity contribution in [1.82, 2.24) is 0 Å². The number of hydrogen-bond acceptors (Lipinski definition) is 3. The van der Waals surface area contributed by atoms with E-state index in [1.165, 1.54) is 12.1 Å². The molecule has 0 aliphatic heterocycles. The lowest BCUT2D eigenvalue weighted by atomic mass is 10.1. The third-order valence-corrected chi connectivity index (χ3v) is 2.05. The minimum atomic E-state index is -1.24. The number of carbonyl (C=O) groups is 1. The number of hydrogen-bond donors (Lipinski definition) is 1. The summed E-state index contributed by atoms with van der Waals surface area (Å²) in [6.45, 7) is 1.78. The van der Waals surface area contributed by atoms with Crippen molar-refractivity contribution in [3.63, 3.8) is 0 Å². The van der Waals surface area contributed by atoms with E-state index in [1.807, 2.05) is 0 Å². The molecule has 1 aromatic rings. The van der Waals surface area contributed by atoms with E-state index in [0.717, 1.165) is 5.56 Å². The number of carbonyl (C=O) groups excluding carboxylic acids is 1. The van der Waals surface area contributed by atoms with Crippen molar-refractivity contribution in [2.75, 3.05) is 0 Å². The van der Waals surface area contributed by atoms with Gasteiger partial charge in [0.15, 0.2) is 0 Å². The molecule has 0 aliphatic rings. The summed E-state index contributed by atoms with van der Waals surface area (Å²) in [5.41, 5.74) is 6.39. The lowest BCUT2D eigenvalue weighted by Crippen LogP contribution is -2.22. The topological polar surface area (TPSA) is 66.2 Å². The Bertz CT molecular complexity index is 336. The van der Waals surface area contributed by atoms with Crippen molar-refractivity contribution in [2.45, 2.75) is 13.0 Å². The fraction of sp³-hybridized carbons (Fsp3) is 0.222. The molecule has 1 rings (SSSR count).